The summed E-state index contributed by atoms with van der Waals surface area (Å²) in [5.74, 6) is 2.07. The molecule has 96 valence electrons. The summed E-state index contributed by atoms with van der Waals surface area (Å²) >= 11 is 0. The van der Waals surface area contributed by atoms with Gasteiger partial charge < -0.3 is 10.5 Å². The third-order valence-corrected chi connectivity index (χ3v) is 3.80. The first-order valence-electron chi connectivity index (χ1n) is 6.03. The summed E-state index contributed by atoms with van der Waals surface area (Å²) in [6.07, 6.45) is 2.07. The van der Waals surface area contributed by atoms with Crippen LogP contribution in [-0.2, 0) is 16.6 Å². The lowest BCUT2D eigenvalue weighted by molar-refractivity contribution is 0.337. The number of rotatable bonds is 7. The van der Waals surface area contributed by atoms with Crippen LogP contribution in [0, 0.1) is 0 Å². The molecular weight excluding hydrogens is 234 g/mol. The number of anilines is 1. The van der Waals surface area contributed by atoms with Crippen LogP contribution in [0.15, 0.2) is 18.2 Å². The van der Waals surface area contributed by atoms with Gasteiger partial charge in [0, 0.05) is 27.8 Å². The highest BCUT2D eigenvalue weighted by atomic mass is 32.2. The van der Waals surface area contributed by atoms with E-state index in [2.05, 4.69) is 6.92 Å². The lowest BCUT2D eigenvalue weighted by Crippen LogP contribution is -2.04. The first kappa shape index (κ1) is 14.0. The SMILES string of the molecule is CCCCS(=O)Cc1cc(N)ccc1OCC. The Labute approximate surface area is 106 Å². The maximum absolute atomic E-state index is 11.9. The molecule has 0 amide bonds. The highest BCUT2D eigenvalue weighted by molar-refractivity contribution is 7.84. The van der Waals surface area contributed by atoms with E-state index in [9.17, 15) is 4.21 Å². The molecule has 0 aliphatic rings. The molecule has 0 radical (unpaired) electrons. The molecule has 0 heterocycles. The van der Waals surface area contributed by atoms with E-state index in [4.69, 9.17) is 10.5 Å². The van der Waals surface area contributed by atoms with Gasteiger partial charge >= 0.3 is 0 Å². The van der Waals surface area contributed by atoms with E-state index in [0.29, 0.717) is 18.0 Å². The van der Waals surface area contributed by atoms with E-state index in [0.717, 1.165) is 29.9 Å². The predicted molar refractivity (Wildman–Crippen MR) is 73.6 cm³/mol. The number of nitrogens with two attached hydrogens (primary N) is 1. The van der Waals surface area contributed by atoms with Crippen molar-refractivity contribution in [3.8, 4) is 5.75 Å². The minimum Gasteiger partial charge on any atom is -0.494 e. The summed E-state index contributed by atoms with van der Waals surface area (Å²) in [5.41, 5.74) is 7.38. The van der Waals surface area contributed by atoms with Crippen molar-refractivity contribution in [3.63, 3.8) is 0 Å². The maximum atomic E-state index is 11.9. The third-order valence-electron chi connectivity index (χ3n) is 2.43. The summed E-state index contributed by atoms with van der Waals surface area (Å²) in [7, 11) is -0.829. The molecule has 0 aliphatic heterocycles. The maximum Gasteiger partial charge on any atom is 0.123 e. The van der Waals surface area contributed by atoms with Gasteiger partial charge in [-0.25, -0.2) is 0 Å². The lowest BCUT2D eigenvalue weighted by atomic mass is 10.2. The fourth-order valence-electron chi connectivity index (χ4n) is 1.56. The second kappa shape index (κ2) is 7.33. The highest BCUT2D eigenvalue weighted by Gasteiger charge is 2.08. The van der Waals surface area contributed by atoms with Crippen LogP contribution in [0.25, 0.3) is 0 Å². The van der Waals surface area contributed by atoms with Gasteiger partial charge in [-0.1, -0.05) is 13.3 Å². The molecule has 1 aromatic rings. The Hall–Kier alpha value is -1.03. The number of hydrogen-bond acceptors (Lipinski definition) is 3. The van der Waals surface area contributed by atoms with Gasteiger partial charge in [0.25, 0.3) is 0 Å². The molecule has 0 saturated carbocycles. The zero-order chi connectivity index (χ0) is 12.7. The van der Waals surface area contributed by atoms with E-state index in [-0.39, 0.29) is 0 Å². The summed E-state index contributed by atoms with van der Waals surface area (Å²) in [5, 5.41) is 0. The zero-order valence-electron chi connectivity index (χ0n) is 10.6. The van der Waals surface area contributed by atoms with E-state index in [1.54, 1.807) is 0 Å². The normalized spacial score (nSPS) is 12.4. The van der Waals surface area contributed by atoms with Crippen LogP contribution in [0.5, 0.6) is 5.75 Å². The smallest absolute Gasteiger partial charge is 0.123 e. The molecule has 1 atom stereocenters. The van der Waals surface area contributed by atoms with Gasteiger partial charge in [-0.3, -0.25) is 4.21 Å². The fourth-order valence-corrected chi connectivity index (χ4v) is 2.89. The van der Waals surface area contributed by atoms with Crippen molar-refractivity contribution >= 4 is 16.5 Å². The zero-order valence-corrected chi connectivity index (χ0v) is 11.4. The van der Waals surface area contributed by atoms with Crippen LogP contribution in [0.4, 0.5) is 5.69 Å². The van der Waals surface area contributed by atoms with Gasteiger partial charge in [-0.15, -0.1) is 0 Å². The largest absolute Gasteiger partial charge is 0.494 e. The Balaban J connectivity index is 2.73. The summed E-state index contributed by atoms with van der Waals surface area (Å²) in [4.78, 5) is 0. The van der Waals surface area contributed by atoms with Crippen molar-refractivity contribution in [2.75, 3.05) is 18.1 Å². The standard InChI is InChI=1S/C13H21NO2S/c1-3-5-8-17(15)10-11-9-12(14)6-7-13(11)16-4-2/h6-7,9H,3-5,8,10,14H2,1-2H3. The summed E-state index contributed by atoms with van der Waals surface area (Å²) in [6, 6.07) is 5.52. The molecule has 4 heteroatoms. The van der Waals surface area contributed by atoms with Crippen LogP contribution in [-0.4, -0.2) is 16.6 Å². The predicted octanol–water partition coefficient (Wildman–Crippen LogP) is 2.72. The molecule has 0 saturated heterocycles. The van der Waals surface area contributed by atoms with Crippen LogP contribution >= 0.6 is 0 Å². The van der Waals surface area contributed by atoms with E-state index >= 15 is 0 Å². The van der Waals surface area contributed by atoms with Crippen LogP contribution in [0.3, 0.4) is 0 Å². The van der Waals surface area contributed by atoms with Gasteiger partial charge in [-0.05, 0) is 31.5 Å². The molecule has 0 fully saturated rings. The number of ether oxygens (including phenoxy) is 1. The van der Waals surface area contributed by atoms with Crippen molar-refractivity contribution in [2.24, 2.45) is 0 Å². The van der Waals surface area contributed by atoms with Crippen molar-refractivity contribution in [3.05, 3.63) is 23.8 Å². The Morgan fingerprint density at radius 2 is 2.12 bits per heavy atom. The molecule has 3 nitrogen and oxygen atoms in total. The topological polar surface area (TPSA) is 52.3 Å². The summed E-state index contributed by atoms with van der Waals surface area (Å²) < 4.78 is 17.4. The number of hydrogen-bond donors (Lipinski definition) is 1. The number of nitrogen functional groups attached to an aromatic ring is 1. The Kier molecular flexibility index (Phi) is 6.05. The molecule has 2 N–H and O–H groups in total. The van der Waals surface area contributed by atoms with Crippen molar-refractivity contribution < 1.29 is 8.95 Å². The fraction of sp³-hybridized carbons (Fsp3) is 0.538. The molecule has 0 aromatic heterocycles. The quantitative estimate of drug-likeness (QED) is 0.762. The number of unbranched alkanes of at least 4 members (excludes halogenated alkanes) is 1. The average Bonchev–Trinajstić information content (AvgIpc) is 2.30. The Morgan fingerprint density at radius 3 is 2.76 bits per heavy atom. The van der Waals surface area contributed by atoms with Gasteiger partial charge in [0.05, 0.1) is 12.4 Å². The molecule has 17 heavy (non-hydrogen) atoms. The van der Waals surface area contributed by atoms with Gasteiger partial charge in [-0.2, -0.15) is 0 Å². The van der Waals surface area contributed by atoms with E-state index < -0.39 is 10.8 Å². The van der Waals surface area contributed by atoms with Crippen molar-refractivity contribution in [1.82, 2.24) is 0 Å². The molecule has 1 rings (SSSR count). The van der Waals surface area contributed by atoms with Crippen molar-refractivity contribution in [1.29, 1.82) is 0 Å². The van der Waals surface area contributed by atoms with Gasteiger partial charge in [0.15, 0.2) is 0 Å². The molecule has 0 aliphatic carbocycles. The first-order valence-corrected chi connectivity index (χ1v) is 7.52. The van der Waals surface area contributed by atoms with Gasteiger partial charge in [0.1, 0.15) is 5.75 Å². The van der Waals surface area contributed by atoms with Crippen LogP contribution < -0.4 is 10.5 Å². The Bertz CT molecular complexity index is 380. The van der Waals surface area contributed by atoms with Crippen LogP contribution in [0.2, 0.25) is 0 Å². The van der Waals surface area contributed by atoms with Crippen molar-refractivity contribution in [2.45, 2.75) is 32.4 Å². The highest BCUT2D eigenvalue weighted by Crippen LogP contribution is 2.23. The number of benzene rings is 1. The molecule has 1 unspecified atom stereocenters. The van der Waals surface area contributed by atoms with Crippen LogP contribution in [0.1, 0.15) is 32.3 Å². The molecule has 0 spiro atoms. The minimum atomic E-state index is -0.829. The minimum absolute atomic E-state index is 0.528. The van der Waals surface area contributed by atoms with E-state index in [1.165, 1.54) is 0 Å². The molecular formula is C13H21NO2S. The lowest BCUT2D eigenvalue weighted by Gasteiger charge is -2.10. The monoisotopic (exact) mass is 255 g/mol. The third kappa shape index (κ3) is 4.77. The first-order chi connectivity index (χ1) is 8.17. The second-order valence-electron chi connectivity index (χ2n) is 3.94. The molecule has 0 bridgehead atoms. The second-order valence-corrected chi connectivity index (χ2v) is 5.52. The van der Waals surface area contributed by atoms with E-state index in [1.807, 2.05) is 25.1 Å². The average molecular weight is 255 g/mol. The molecule has 1 aromatic carbocycles. The Morgan fingerprint density at radius 1 is 1.35 bits per heavy atom. The summed E-state index contributed by atoms with van der Waals surface area (Å²) in [6.45, 7) is 4.65. The van der Waals surface area contributed by atoms with Gasteiger partial charge in [0.2, 0.25) is 0 Å².